The highest BCUT2D eigenvalue weighted by molar-refractivity contribution is 7.12. The molecule has 0 bridgehead atoms. The predicted octanol–water partition coefficient (Wildman–Crippen LogP) is 4.15. The second kappa shape index (κ2) is 5.33. The van der Waals surface area contributed by atoms with Crippen molar-refractivity contribution in [2.24, 2.45) is 5.92 Å². The number of rotatable bonds is 4. The number of hydrogen-bond donors (Lipinski definition) is 1. The Bertz CT molecular complexity index is 331. The second-order valence-electron chi connectivity index (χ2n) is 5.06. The third-order valence-corrected chi connectivity index (χ3v) is 5.20. The van der Waals surface area contributed by atoms with Crippen LogP contribution in [0.3, 0.4) is 0 Å². The Morgan fingerprint density at radius 1 is 1.44 bits per heavy atom. The minimum absolute atomic E-state index is 0.524. The van der Waals surface area contributed by atoms with Crippen LogP contribution in [0.5, 0.6) is 0 Å². The minimum atomic E-state index is 0.524. The van der Waals surface area contributed by atoms with Crippen LogP contribution in [-0.4, -0.2) is 6.04 Å². The lowest BCUT2D eigenvalue weighted by Gasteiger charge is -2.22. The van der Waals surface area contributed by atoms with Gasteiger partial charge in [-0.25, -0.2) is 0 Å². The van der Waals surface area contributed by atoms with Gasteiger partial charge in [-0.05, 0) is 44.2 Å². The largest absolute Gasteiger partial charge is 0.306 e. The molecule has 3 atom stereocenters. The summed E-state index contributed by atoms with van der Waals surface area (Å²) in [7, 11) is 0. The maximum absolute atomic E-state index is 3.79. The molecule has 2 heteroatoms. The average Bonchev–Trinajstić information content (AvgIpc) is 2.88. The Labute approximate surface area is 103 Å². The highest BCUT2D eigenvalue weighted by atomic mass is 32.1. The first-order valence-corrected chi connectivity index (χ1v) is 7.37. The smallest absolute Gasteiger partial charge is 0.0388 e. The molecule has 1 N–H and O–H groups in total. The van der Waals surface area contributed by atoms with Gasteiger partial charge in [0.15, 0.2) is 0 Å². The third kappa shape index (κ3) is 2.67. The number of aryl methyl sites for hydroxylation is 1. The monoisotopic (exact) mass is 237 g/mol. The predicted molar refractivity (Wildman–Crippen MR) is 72.1 cm³/mol. The van der Waals surface area contributed by atoms with Crippen LogP contribution in [0, 0.1) is 5.92 Å². The van der Waals surface area contributed by atoms with E-state index in [1.54, 1.807) is 0 Å². The van der Waals surface area contributed by atoms with E-state index in [-0.39, 0.29) is 0 Å². The molecule has 2 rings (SSSR count). The lowest BCUT2D eigenvalue weighted by Crippen LogP contribution is -2.32. The standard InChI is InChI=1S/C14H23NS/c1-4-12-8-9-14(16-12)11(3)15-13-7-5-6-10(13)2/h8-11,13,15H,4-7H2,1-3H3. The number of hydrogen-bond acceptors (Lipinski definition) is 2. The van der Waals surface area contributed by atoms with Crippen molar-refractivity contribution in [1.82, 2.24) is 5.32 Å². The zero-order chi connectivity index (χ0) is 11.5. The Balaban J connectivity index is 1.94. The van der Waals surface area contributed by atoms with E-state index >= 15 is 0 Å². The molecule has 0 aromatic carbocycles. The molecule has 1 aromatic heterocycles. The first kappa shape index (κ1) is 12.1. The average molecular weight is 237 g/mol. The van der Waals surface area contributed by atoms with Crippen molar-refractivity contribution in [2.45, 2.75) is 58.5 Å². The van der Waals surface area contributed by atoms with E-state index < -0.39 is 0 Å². The first-order valence-electron chi connectivity index (χ1n) is 6.55. The molecule has 0 spiro atoms. The van der Waals surface area contributed by atoms with Crippen LogP contribution in [-0.2, 0) is 6.42 Å². The maximum atomic E-state index is 3.79. The van der Waals surface area contributed by atoms with Crippen LogP contribution in [0.15, 0.2) is 12.1 Å². The topological polar surface area (TPSA) is 12.0 Å². The summed E-state index contributed by atoms with van der Waals surface area (Å²) in [6, 6.07) is 5.83. The summed E-state index contributed by atoms with van der Waals surface area (Å²) in [6.07, 6.45) is 5.32. The van der Waals surface area contributed by atoms with Crippen LogP contribution in [0.4, 0.5) is 0 Å². The second-order valence-corrected chi connectivity index (χ2v) is 6.26. The maximum Gasteiger partial charge on any atom is 0.0388 e. The van der Waals surface area contributed by atoms with Crippen molar-refractivity contribution < 1.29 is 0 Å². The third-order valence-electron chi connectivity index (χ3n) is 3.78. The van der Waals surface area contributed by atoms with Gasteiger partial charge in [0.25, 0.3) is 0 Å². The van der Waals surface area contributed by atoms with Gasteiger partial charge in [-0.1, -0.05) is 20.3 Å². The van der Waals surface area contributed by atoms with E-state index in [9.17, 15) is 0 Å². The normalized spacial score (nSPS) is 27.2. The van der Waals surface area contributed by atoms with Gasteiger partial charge in [0.1, 0.15) is 0 Å². The van der Waals surface area contributed by atoms with Crippen molar-refractivity contribution in [3.63, 3.8) is 0 Å². The summed E-state index contributed by atoms with van der Waals surface area (Å²) in [5.74, 6) is 0.855. The van der Waals surface area contributed by atoms with E-state index in [0.717, 1.165) is 18.4 Å². The lowest BCUT2D eigenvalue weighted by molar-refractivity contribution is 0.391. The van der Waals surface area contributed by atoms with E-state index in [1.165, 1.54) is 29.0 Å². The van der Waals surface area contributed by atoms with Crippen molar-refractivity contribution in [3.05, 3.63) is 21.9 Å². The van der Waals surface area contributed by atoms with Crippen LogP contribution in [0.25, 0.3) is 0 Å². The molecule has 0 amide bonds. The molecule has 0 aliphatic heterocycles. The summed E-state index contributed by atoms with van der Waals surface area (Å²) in [5, 5.41) is 3.79. The molecule has 3 unspecified atom stereocenters. The minimum Gasteiger partial charge on any atom is -0.306 e. The van der Waals surface area contributed by atoms with E-state index in [4.69, 9.17) is 0 Å². The molecule has 90 valence electrons. The quantitative estimate of drug-likeness (QED) is 0.829. The first-order chi connectivity index (χ1) is 7.70. The summed E-state index contributed by atoms with van der Waals surface area (Å²) in [5.41, 5.74) is 0. The van der Waals surface area contributed by atoms with Crippen molar-refractivity contribution in [3.8, 4) is 0 Å². The van der Waals surface area contributed by atoms with Crippen molar-refractivity contribution >= 4 is 11.3 Å². The fourth-order valence-corrected chi connectivity index (χ4v) is 3.58. The van der Waals surface area contributed by atoms with Gasteiger partial charge in [0.05, 0.1) is 0 Å². The van der Waals surface area contributed by atoms with Gasteiger partial charge < -0.3 is 5.32 Å². The van der Waals surface area contributed by atoms with Gasteiger partial charge in [-0.15, -0.1) is 11.3 Å². The highest BCUT2D eigenvalue weighted by Gasteiger charge is 2.24. The SMILES string of the molecule is CCc1ccc(C(C)NC2CCCC2C)s1. The molecule has 1 aliphatic rings. The van der Waals surface area contributed by atoms with Gasteiger partial charge in [0.2, 0.25) is 0 Å². The molecule has 0 saturated heterocycles. The Hall–Kier alpha value is -0.340. The summed E-state index contributed by atoms with van der Waals surface area (Å²) >= 11 is 1.96. The highest BCUT2D eigenvalue weighted by Crippen LogP contribution is 2.29. The van der Waals surface area contributed by atoms with Crippen LogP contribution in [0.1, 0.15) is 55.8 Å². The molecule has 0 radical (unpaired) electrons. The molecular weight excluding hydrogens is 214 g/mol. The Morgan fingerprint density at radius 2 is 2.25 bits per heavy atom. The van der Waals surface area contributed by atoms with E-state index in [2.05, 4.69) is 38.2 Å². The van der Waals surface area contributed by atoms with Gasteiger partial charge in [-0.3, -0.25) is 0 Å². The van der Waals surface area contributed by atoms with Crippen LogP contribution in [0.2, 0.25) is 0 Å². The molecule has 1 heterocycles. The Kier molecular flexibility index (Phi) is 4.04. The van der Waals surface area contributed by atoms with Gasteiger partial charge in [0, 0.05) is 21.8 Å². The van der Waals surface area contributed by atoms with Crippen LogP contribution >= 0.6 is 11.3 Å². The van der Waals surface area contributed by atoms with E-state index in [0.29, 0.717) is 6.04 Å². The lowest BCUT2D eigenvalue weighted by atomic mass is 10.1. The van der Waals surface area contributed by atoms with Gasteiger partial charge in [-0.2, -0.15) is 0 Å². The van der Waals surface area contributed by atoms with Crippen LogP contribution < -0.4 is 5.32 Å². The fraction of sp³-hybridized carbons (Fsp3) is 0.714. The van der Waals surface area contributed by atoms with Crippen molar-refractivity contribution in [1.29, 1.82) is 0 Å². The summed E-state index contributed by atoms with van der Waals surface area (Å²) in [6.45, 7) is 6.91. The molecular formula is C14H23NS. The zero-order valence-electron chi connectivity index (χ0n) is 10.6. The molecule has 1 nitrogen and oxygen atoms in total. The fourth-order valence-electron chi connectivity index (χ4n) is 2.61. The number of nitrogens with one attached hydrogen (secondary N) is 1. The zero-order valence-corrected chi connectivity index (χ0v) is 11.4. The van der Waals surface area contributed by atoms with Crippen molar-refractivity contribution in [2.75, 3.05) is 0 Å². The number of thiophene rings is 1. The van der Waals surface area contributed by atoms with Gasteiger partial charge >= 0.3 is 0 Å². The molecule has 1 aromatic rings. The summed E-state index contributed by atoms with van der Waals surface area (Å²) < 4.78 is 0. The van der Waals surface area contributed by atoms with E-state index in [1.807, 2.05) is 11.3 Å². The Morgan fingerprint density at radius 3 is 2.81 bits per heavy atom. The molecule has 1 aliphatic carbocycles. The molecule has 1 fully saturated rings. The molecule has 1 saturated carbocycles. The molecule has 16 heavy (non-hydrogen) atoms. The summed E-state index contributed by atoms with van der Waals surface area (Å²) in [4.78, 5) is 3.00.